The molecule has 3 nitrogen and oxygen atoms in total. The van der Waals surface area contributed by atoms with E-state index in [4.69, 9.17) is 0 Å². The molecule has 0 saturated carbocycles. The van der Waals surface area contributed by atoms with Crippen molar-refractivity contribution in [1.29, 1.82) is 0 Å². The predicted molar refractivity (Wildman–Crippen MR) is 94.8 cm³/mol. The zero-order chi connectivity index (χ0) is 15.1. The Labute approximate surface area is 141 Å². The lowest BCUT2D eigenvalue weighted by molar-refractivity contribution is -0.427. The van der Waals surface area contributed by atoms with E-state index >= 15 is 0 Å². The number of halogens is 2. The number of anilines is 1. The van der Waals surface area contributed by atoms with Gasteiger partial charge in [0.05, 0.1) is 4.91 Å². The summed E-state index contributed by atoms with van der Waals surface area (Å²) in [6, 6.07) is 15.5. The molecule has 1 N–H and O–H groups in total. The van der Waals surface area contributed by atoms with Crippen LogP contribution >= 0.6 is 31.9 Å². The second-order valence-corrected chi connectivity index (χ2v) is 6.23. The third-order valence-electron chi connectivity index (χ3n) is 3.12. The summed E-state index contributed by atoms with van der Waals surface area (Å²) in [6.45, 7) is 0. The second kappa shape index (κ2) is 8.29. The van der Waals surface area contributed by atoms with E-state index in [0.717, 1.165) is 34.1 Å². The van der Waals surface area contributed by atoms with Crippen molar-refractivity contribution in [3.63, 3.8) is 0 Å². The van der Waals surface area contributed by atoms with Gasteiger partial charge in [0, 0.05) is 22.8 Å². The maximum absolute atomic E-state index is 12.1. The molecule has 110 valence electrons. The van der Waals surface area contributed by atoms with E-state index < -0.39 is 0 Å². The maximum atomic E-state index is 12.1. The minimum atomic E-state index is 0.595. The van der Waals surface area contributed by atoms with E-state index in [2.05, 4.69) is 37.3 Å². The molecule has 0 bridgehead atoms. The van der Waals surface area contributed by atoms with Crippen molar-refractivity contribution in [2.24, 2.45) is 0 Å². The van der Waals surface area contributed by atoms with Gasteiger partial charge >= 0.3 is 0 Å². The lowest BCUT2D eigenvalue weighted by Gasteiger charge is -2.01. The first-order valence-corrected chi connectivity index (χ1v) is 9.01. The Kier molecular flexibility index (Phi) is 6.39. The van der Waals surface area contributed by atoms with E-state index in [1.807, 2.05) is 48.5 Å². The Morgan fingerprint density at radius 3 is 1.76 bits per heavy atom. The van der Waals surface area contributed by atoms with Gasteiger partial charge in [-0.25, -0.2) is 0 Å². The van der Waals surface area contributed by atoms with Crippen LogP contribution in [0.4, 0.5) is 11.4 Å². The van der Waals surface area contributed by atoms with Crippen LogP contribution in [-0.4, -0.2) is 15.5 Å². The normalized spacial score (nSPS) is 10.4. The Balaban J connectivity index is 2.00. The summed E-state index contributed by atoms with van der Waals surface area (Å²) in [6.07, 6.45) is 1.94. The van der Waals surface area contributed by atoms with Gasteiger partial charge in [0.1, 0.15) is 5.69 Å². The number of hydrogen-bond donors (Lipinski definition) is 1. The summed E-state index contributed by atoms with van der Waals surface area (Å²) in [4.78, 5) is 12.9. The third-order valence-corrected chi connectivity index (χ3v) is 3.91. The Morgan fingerprint density at radius 2 is 1.29 bits per heavy atom. The Morgan fingerprint density at radius 1 is 0.810 bits per heavy atom. The van der Waals surface area contributed by atoms with E-state index in [1.165, 1.54) is 11.1 Å². The highest BCUT2D eigenvalue weighted by molar-refractivity contribution is 9.09. The summed E-state index contributed by atoms with van der Waals surface area (Å²) in [5.74, 6) is 0. The molecule has 0 aromatic heterocycles. The Bertz CT molecular complexity index is 582. The molecular formula is C16H17Br2N2O+. The number of nitrogens with zero attached hydrogens (tertiary/aromatic N) is 1. The fourth-order valence-corrected chi connectivity index (χ4v) is 2.86. The zero-order valence-electron chi connectivity index (χ0n) is 11.6. The fraction of sp³-hybridized carbons (Fsp3) is 0.250. The molecule has 0 atom stereocenters. The minimum Gasteiger partial charge on any atom is -0.114 e. The number of benzene rings is 2. The van der Waals surface area contributed by atoms with Crippen LogP contribution in [0, 0.1) is 4.91 Å². The highest BCUT2D eigenvalue weighted by atomic mass is 79.9. The molecule has 0 spiro atoms. The van der Waals surface area contributed by atoms with E-state index in [1.54, 1.807) is 0 Å². The van der Waals surface area contributed by atoms with Gasteiger partial charge in [-0.2, -0.15) is 0 Å². The predicted octanol–water partition coefficient (Wildman–Crippen LogP) is 5.00. The van der Waals surface area contributed by atoms with E-state index in [-0.39, 0.29) is 0 Å². The van der Waals surface area contributed by atoms with E-state index in [9.17, 15) is 4.91 Å². The lowest BCUT2D eigenvalue weighted by atomic mass is 10.1. The standard InChI is InChI=1S/C16H17Br2N2O/c17-11-9-13-1-5-15(6-2-13)19-20(21)16-7-3-14(4-8-16)10-12-18/h1-8H,9-12H2,(H,19,21)/q+1. The molecule has 0 unspecified atom stereocenters. The summed E-state index contributed by atoms with van der Waals surface area (Å²) < 4.78 is 0. The molecule has 2 aromatic carbocycles. The van der Waals surface area contributed by atoms with Gasteiger partial charge in [-0.1, -0.05) is 56.1 Å². The number of alkyl halides is 2. The van der Waals surface area contributed by atoms with Crippen LogP contribution in [0.3, 0.4) is 0 Å². The molecule has 0 saturated heterocycles. The van der Waals surface area contributed by atoms with E-state index in [0.29, 0.717) is 5.69 Å². The number of hydrazine groups is 1. The summed E-state index contributed by atoms with van der Waals surface area (Å²) >= 11 is 6.82. The molecule has 0 amide bonds. The van der Waals surface area contributed by atoms with Crippen molar-refractivity contribution in [2.75, 3.05) is 16.1 Å². The van der Waals surface area contributed by atoms with Gasteiger partial charge < -0.3 is 0 Å². The smallest absolute Gasteiger partial charge is 0.114 e. The van der Waals surface area contributed by atoms with Gasteiger partial charge in [-0.15, -0.1) is 5.43 Å². The highest BCUT2D eigenvalue weighted by Crippen LogP contribution is 2.16. The van der Waals surface area contributed by atoms with Crippen LogP contribution in [0.2, 0.25) is 0 Å². The largest absolute Gasteiger partial charge is 0.292 e. The van der Waals surface area contributed by atoms with Crippen LogP contribution in [0.15, 0.2) is 48.5 Å². The molecular weight excluding hydrogens is 396 g/mol. The molecule has 0 radical (unpaired) electrons. The van der Waals surface area contributed by atoms with Crippen molar-refractivity contribution >= 4 is 43.2 Å². The molecule has 21 heavy (non-hydrogen) atoms. The monoisotopic (exact) mass is 411 g/mol. The first kappa shape index (κ1) is 16.2. The van der Waals surface area contributed by atoms with Gasteiger partial charge in [-0.3, -0.25) is 0 Å². The molecule has 5 heteroatoms. The fourth-order valence-electron chi connectivity index (χ4n) is 1.94. The van der Waals surface area contributed by atoms with Crippen molar-refractivity contribution < 1.29 is 4.87 Å². The quantitative estimate of drug-likeness (QED) is 0.394. The van der Waals surface area contributed by atoms with Crippen molar-refractivity contribution in [3.8, 4) is 0 Å². The number of nitrogens with one attached hydrogen (secondary N) is 1. The average Bonchev–Trinajstić information content (AvgIpc) is 2.50. The summed E-state index contributed by atoms with van der Waals surface area (Å²) in [5, 5.41) is 1.86. The molecule has 0 fully saturated rings. The van der Waals surface area contributed by atoms with Gasteiger partial charge in [0.25, 0.3) is 5.69 Å². The molecule has 0 aliphatic rings. The van der Waals surface area contributed by atoms with Crippen LogP contribution in [-0.2, 0) is 12.8 Å². The van der Waals surface area contributed by atoms with Crippen molar-refractivity contribution in [2.45, 2.75) is 12.8 Å². The van der Waals surface area contributed by atoms with Crippen molar-refractivity contribution in [3.05, 3.63) is 64.6 Å². The molecule has 2 aromatic rings. The zero-order valence-corrected chi connectivity index (χ0v) is 14.7. The van der Waals surface area contributed by atoms with Crippen LogP contribution in [0.1, 0.15) is 11.1 Å². The third kappa shape index (κ3) is 4.93. The van der Waals surface area contributed by atoms with Gasteiger partial charge in [0.15, 0.2) is 4.87 Å². The second-order valence-electron chi connectivity index (χ2n) is 4.65. The lowest BCUT2D eigenvalue weighted by Crippen LogP contribution is -2.10. The highest BCUT2D eigenvalue weighted by Gasteiger charge is 2.13. The van der Waals surface area contributed by atoms with Crippen LogP contribution in [0.25, 0.3) is 0 Å². The van der Waals surface area contributed by atoms with Gasteiger partial charge in [-0.05, 0) is 36.1 Å². The number of aryl methyl sites for hydroxylation is 2. The molecule has 0 heterocycles. The van der Waals surface area contributed by atoms with Crippen molar-refractivity contribution in [1.82, 2.24) is 0 Å². The average molecular weight is 413 g/mol. The summed E-state index contributed by atoms with van der Waals surface area (Å²) in [5.41, 5.74) is 6.67. The minimum absolute atomic E-state index is 0.595. The SMILES string of the molecule is O=[N+](Nc1ccc(CCBr)cc1)c1ccc(CCBr)cc1. The number of hydrogen-bond acceptors (Lipinski definition) is 1. The number of nitroso groups, excluding NO2 is 1. The van der Waals surface area contributed by atoms with Gasteiger partial charge in [0.2, 0.25) is 0 Å². The van der Waals surface area contributed by atoms with Crippen LogP contribution in [0.5, 0.6) is 0 Å². The van der Waals surface area contributed by atoms with Crippen LogP contribution < -0.4 is 5.43 Å². The Hall–Kier alpha value is -1.20. The number of rotatable bonds is 7. The molecule has 2 rings (SSSR count). The summed E-state index contributed by atoms with van der Waals surface area (Å²) in [7, 11) is 0. The topological polar surface area (TPSA) is 32.1 Å². The molecule has 0 aliphatic carbocycles. The maximum Gasteiger partial charge on any atom is 0.292 e. The molecule has 0 aliphatic heterocycles. The first-order chi connectivity index (χ1) is 10.2. The first-order valence-electron chi connectivity index (χ1n) is 6.76.